The highest BCUT2D eigenvalue weighted by molar-refractivity contribution is 6.10. The lowest BCUT2D eigenvalue weighted by atomic mass is 9.96. The maximum absolute atomic E-state index is 12.5. The first-order chi connectivity index (χ1) is 11.3. The van der Waals surface area contributed by atoms with Gasteiger partial charge in [0.05, 0.1) is 0 Å². The van der Waals surface area contributed by atoms with Crippen LogP contribution < -0.4 is 10.6 Å². The third-order valence-corrected chi connectivity index (χ3v) is 4.85. The van der Waals surface area contributed by atoms with Gasteiger partial charge in [-0.3, -0.25) is 14.5 Å². The standard InChI is InChI=1S/C18H23N3O3/c1-11(2)13-6-4-5-7-14(13)19-15(22)10-21-16(23)18(3,12-8-9-12)20-17(21)24/h4-7,11-12H,8-10H2,1-3H3,(H,19,22)(H,20,24)/t18-/m0/s1. The molecule has 0 spiro atoms. The number of carbonyl (C=O) groups excluding carboxylic acids is 3. The van der Waals surface area contributed by atoms with E-state index in [2.05, 4.69) is 10.6 Å². The first kappa shape index (κ1) is 16.5. The van der Waals surface area contributed by atoms with E-state index in [4.69, 9.17) is 0 Å². The second kappa shape index (κ2) is 5.92. The minimum absolute atomic E-state index is 0.184. The maximum atomic E-state index is 12.5. The molecule has 1 atom stereocenters. The molecule has 4 amide bonds. The normalized spacial score (nSPS) is 23.6. The fraction of sp³-hybridized carbons (Fsp3) is 0.500. The van der Waals surface area contributed by atoms with Crippen molar-refractivity contribution in [2.75, 3.05) is 11.9 Å². The Kier molecular flexibility index (Phi) is 4.07. The lowest BCUT2D eigenvalue weighted by Crippen LogP contribution is -2.46. The van der Waals surface area contributed by atoms with Gasteiger partial charge in [0.1, 0.15) is 12.1 Å². The summed E-state index contributed by atoms with van der Waals surface area (Å²) in [6.07, 6.45) is 1.87. The van der Waals surface area contributed by atoms with E-state index in [1.807, 2.05) is 38.1 Å². The molecule has 1 aromatic rings. The van der Waals surface area contributed by atoms with Gasteiger partial charge in [0.2, 0.25) is 5.91 Å². The topological polar surface area (TPSA) is 78.5 Å². The molecule has 128 valence electrons. The van der Waals surface area contributed by atoms with Crippen molar-refractivity contribution < 1.29 is 14.4 Å². The number of urea groups is 1. The van der Waals surface area contributed by atoms with Crippen LogP contribution in [0.15, 0.2) is 24.3 Å². The SMILES string of the molecule is CC(C)c1ccccc1NC(=O)CN1C(=O)N[C@@](C)(C2CC2)C1=O. The van der Waals surface area contributed by atoms with Gasteiger partial charge in [-0.05, 0) is 43.2 Å². The van der Waals surface area contributed by atoms with Crippen molar-refractivity contribution in [2.45, 2.75) is 45.1 Å². The molecule has 24 heavy (non-hydrogen) atoms. The van der Waals surface area contributed by atoms with Crippen molar-refractivity contribution >= 4 is 23.5 Å². The van der Waals surface area contributed by atoms with E-state index in [1.54, 1.807) is 6.92 Å². The third kappa shape index (κ3) is 2.88. The van der Waals surface area contributed by atoms with Gasteiger partial charge in [0.15, 0.2) is 0 Å². The van der Waals surface area contributed by atoms with E-state index in [0.29, 0.717) is 0 Å². The van der Waals surface area contributed by atoms with Crippen LogP contribution >= 0.6 is 0 Å². The molecule has 1 saturated heterocycles. The fourth-order valence-corrected chi connectivity index (χ4v) is 3.24. The summed E-state index contributed by atoms with van der Waals surface area (Å²) in [5.74, 6) is -0.228. The molecule has 0 aromatic heterocycles. The summed E-state index contributed by atoms with van der Waals surface area (Å²) < 4.78 is 0. The number of anilines is 1. The summed E-state index contributed by atoms with van der Waals surface area (Å²) in [5, 5.41) is 5.57. The minimum atomic E-state index is -0.854. The molecule has 1 aromatic carbocycles. The Hall–Kier alpha value is -2.37. The molecule has 1 saturated carbocycles. The van der Waals surface area contributed by atoms with Gasteiger partial charge in [-0.2, -0.15) is 0 Å². The summed E-state index contributed by atoms with van der Waals surface area (Å²) in [6, 6.07) is 7.07. The monoisotopic (exact) mass is 329 g/mol. The first-order valence-electron chi connectivity index (χ1n) is 8.36. The molecule has 2 aliphatic rings. The Morgan fingerprint density at radius 2 is 2.00 bits per heavy atom. The van der Waals surface area contributed by atoms with E-state index < -0.39 is 11.6 Å². The van der Waals surface area contributed by atoms with Crippen LogP contribution in [0, 0.1) is 5.92 Å². The fourth-order valence-electron chi connectivity index (χ4n) is 3.24. The molecule has 3 rings (SSSR count). The van der Waals surface area contributed by atoms with E-state index in [1.165, 1.54) is 0 Å². The van der Waals surface area contributed by atoms with Gasteiger partial charge in [-0.25, -0.2) is 4.79 Å². The number of imide groups is 1. The molecule has 1 heterocycles. The Balaban J connectivity index is 1.69. The van der Waals surface area contributed by atoms with Crippen LogP contribution in [0.5, 0.6) is 0 Å². The number of hydrogen-bond donors (Lipinski definition) is 2. The van der Waals surface area contributed by atoms with Crippen LogP contribution in [0.1, 0.15) is 45.1 Å². The van der Waals surface area contributed by atoms with Crippen molar-refractivity contribution in [1.29, 1.82) is 0 Å². The Labute approximate surface area is 141 Å². The molecule has 1 aliphatic heterocycles. The van der Waals surface area contributed by atoms with E-state index in [9.17, 15) is 14.4 Å². The largest absolute Gasteiger partial charge is 0.325 e. The molecule has 2 fully saturated rings. The highest BCUT2D eigenvalue weighted by Crippen LogP contribution is 2.42. The zero-order chi connectivity index (χ0) is 17.5. The maximum Gasteiger partial charge on any atom is 0.325 e. The van der Waals surface area contributed by atoms with Crippen molar-refractivity contribution in [1.82, 2.24) is 10.2 Å². The summed E-state index contributed by atoms with van der Waals surface area (Å²) in [7, 11) is 0. The van der Waals surface area contributed by atoms with Crippen LogP contribution in [-0.2, 0) is 9.59 Å². The second-order valence-corrected chi connectivity index (χ2v) is 7.09. The zero-order valence-electron chi connectivity index (χ0n) is 14.3. The van der Waals surface area contributed by atoms with Crippen LogP contribution in [0.2, 0.25) is 0 Å². The number of nitrogens with zero attached hydrogens (tertiary/aromatic N) is 1. The van der Waals surface area contributed by atoms with Crippen molar-refractivity contribution in [2.24, 2.45) is 5.92 Å². The van der Waals surface area contributed by atoms with Gasteiger partial charge in [-0.15, -0.1) is 0 Å². The lowest BCUT2D eigenvalue weighted by Gasteiger charge is -2.21. The summed E-state index contributed by atoms with van der Waals surface area (Å²) >= 11 is 0. The lowest BCUT2D eigenvalue weighted by molar-refractivity contribution is -0.134. The van der Waals surface area contributed by atoms with Crippen molar-refractivity contribution in [3.05, 3.63) is 29.8 Å². The highest BCUT2D eigenvalue weighted by atomic mass is 16.2. The summed E-state index contributed by atoms with van der Waals surface area (Å²) in [6.45, 7) is 5.57. The Morgan fingerprint density at radius 3 is 2.62 bits per heavy atom. The van der Waals surface area contributed by atoms with E-state index in [0.717, 1.165) is 29.0 Å². The van der Waals surface area contributed by atoms with Crippen LogP contribution in [0.25, 0.3) is 0 Å². The summed E-state index contributed by atoms with van der Waals surface area (Å²) in [5.41, 5.74) is 0.882. The smallest absolute Gasteiger partial charge is 0.324 e. The number of para-hydroxylation sites is 1. The van der Waals surface area contributed by atoms with Crippen LogP contribution in [0.3, 0.4) is 0 Å². The third-order valence-electron chi connectivity index (χ3n) is 4.85. The molecule has 0 bridgehead atoms. The Bertz CT molecular complexity index is 697. The van der Waals surface area contributed by atoms with E-state index >= 15 is 0 Å². The average molecular weight is 329 g/mol. The Morgan fingerprint density at radius 1 is 1.33 bits per heavy atom. The molecule has 0 unspecified atom stereocenters. The first-order valence-corrected chi connectivity index (χ1v) is 8.36. The molecule has 2 N–H and O–H groups in total. The van der Waals surface area contributed by atoms with Crippen molar-refractivity contribution in [3.63, 3.8) is 0 Å². The molecule has 6 nitrogen and oxygen atoms in total. The predicted octanol–water partition coefficient (Wildman–Crippen LogP) is 2.47. The molecular weight excluding hydrogens is 306 g/mol. The second-order valence-electron chi connectivity index (χ2n) is 7.09. The van der Waals surface area contributed by atoms with Crippen LogP contribution in [-0.4, -0.2) is 34.8 Å². The average Bonchev–Trinajstić information content (AvgIpc) is 3.34. The van der Waals surface area contributed by atoms with Gasteiger partial charge in [0.25, 0.3) is 5.91 Å². The van der Waals surface area contributed by atoms with Crippen LogP contribution in [0.4, 0.5) is 10.5 Å². The number of rotatable bonds is 5. The molecule has 0 radical (unpaired) electrons. The minimum Gasteiger partial charge on any atom is -0.324 e. The number of carbonyl (C=O) groups is 3. The summed E-state index contributed by atoms with van der Waals surface area (Å²) in [4.78, 5) is 38.0. The number of amides is 4. The van der Waals surface area contributed by atoms with Gasteiger partial charge < -0.3 is 10.6 Å². The van der Waals surface area contributed by atoms with Crippen molar-refractivity contribution in [3.8, 4) is 0 Å². The van der Waals surface area contributed by atoms with Gasteiger partial charge >= 0.3 is 6.03 Å². The molecular formula is C18H23N3O3. The predicted molar refractivity (Wildman–Crippen MR) is 90.5 cm³/mol. The number of hydrogen-bond acceptors (Lipinski definition) is 3. The van der Waals surface area contributed by atoms with Gasteiger partial charge in [-0.1, -0.05) is 32.0 Å². The number of nitrogens with one attached hydrogen (secondary N) is 2. The quantitative estimate of drug-likeness (QED) is 0.815. The highest BCUT2D eigenvalue weighted by Gasteiger charge is 2.56. The molecule has 6 heteroatoms. The zero-order valence-corrected chi connectivity index (χ0v) is 14.3. The molecule has 1 aliphatic carbocycles. The van der Waals surface area contributed by atoms with Gasteiger partial charge in [0, 0.05) is 5.69 Å². The number of benzene rings is 1. The van der Waals surface area contributed by atoms with E-state index in [-0.39, 0.29) is 30.2 Å².